The summed E-state index contributed by atoms with van der Waals surface area (Å²) in [6.07, 6.45) is 2.44. The fourth-order valence-corrected chi connectivity index (χ4v) is 1.17. The van der Waals surface area contributed by atoms with Gasteiger partial charge in [-0.15, -0.1) is 0 Å². The number of halogens is 1. The van der Waals surface area contributed by atoms with Crippen LogP contribution in [0.1, 0.15) is 5.56 Å². The van der Waals surface area contributed by atoms with Crippen molar-refractivity contribution in [2.24, 2.45) is 0 Å². The van der Waals surface area contributed by atoms with E-state index in [4.69, 9.17) is 16.7 Å². The number of benzene rings is 1. The summed E-state index contributed by atoms with van der Waals surface area (Å²) < 4.78 is 0. The number of hydrogen-bond donors (Lipinski definition) is 2. The van der Waals surface area contributed by atoms with Crippen LogP contribution >= 0.6 is 11.6 Å². The molecular formula is C10H10ClNO2. The van der Waals surface area contributed by atoms with E-state index in [1.54, 1.807) is 6.07 Å². The van der Waals surface area contributed by atoms with Crippen molar-refractivity contribution in [3.05, 3.63) is 47.1 Å². The average molecular weight is 212 g/mol. The van der Waals surface area contributed by atoms with Crippen LogP contribution in [0.3, 0.4) is 0 Å². The van der Waals surface area contributed by atoms with Gasteiger partial charge in [0.25, 0.3) is 0 Å². The highest BCUT2D eigenvalue weighted by Gasteiger charge is 1.91. The number of rotatable bonds is 4. The Morgan fingerprint density at radius 1 is 1.57 bits per heavy atom. The number of carboxylic acids is 1. The molecule has 0 aliphatic rings. The molecule has 0 aliphatic heterocycles. The third kappa shape index (κ3) is 3.96. The number of nitrogens with one attached hydrogen (secondary N) is 1. The van der Waals surface area contributed by atoms with Crippen molar-refractivity contribution >= 4 is 17.6 Å². The van der Waals surface area contributed by atoms with Crippen molar-refractivity contribution < 1.29 is 9.90 Å². The van der Waals surface area contributed by atoms with Gasteiger partial charge in [0.1, 0.15) is 0 Å². The summed E-state index contributed by atoms with van der Waals surface area (Å²) in [6.45, 7) is 0.560. The van der Waals surface area contributed by atoms with Crippen LogP contribution < -0.4 is 5.32 Å². The largest absolute Gasteiger partial charge is 0.478 e. The monoisotopic (exact) mass is 211 g/mol. The summed E-state index contributed by atoms with van der Waals surface area (Å²) >= 11 is 5.77. The van der Waals surface area contributed by atoms with Gasteiger partial charge >= 0.3 is 5.97 Å². The lowest BCUT2D eigenvalue weighted by Gasteiger charge is -2.00. The van der Waals surface area contributed by atoms with Gasteiger partial charge in [-0.2, -0.15) is 0 Å². The lowest BCUT2D eigenvalue weighted by Crippen LogP contribution is -2.05. The van der Waals surface area contributed by atoms with E-state index in [9.17, 15) is 4.79 Å². The molecule has 3 nitrogen and oxygen atoms in total. The molecule has 0 fully saturated rings. The molecule has 1 aromatic carbocycles. The molecular weight excluding hydrogens is 202 g/mol. The molecule has 0 amide bonds. The maximum atomic E-state index is 10.1. The minimum atomic E-state index is -0.969. The van der Waals surface area contributed by atoms with Crippen LogP contribution in [0, 0.1) is 0 Å². The average Bonchev–Trinajstić information content (AvgIpc) is 2.12. The Hall–Kier alpha value is -1.48. The number of carboxylic acid groups (broad SMARTS) is 1. The van der Waals surface area contributed by atoms with Crippen LogP contribution in [0.4, 0.5) is 0 Å². The highest BCUT2D eigenvalue weighted by molar-refractivity contribution is 6.30. The fraction of sp³-hybridized carbons (Fsp3) is 0.100. The standard InChI is InChI=1S/C10H10ClNO2/c11-9-3-1-2-8(6-9)7-12-5-4-10(13)14/h1-6,12H,7H2,(H,13,14)/b5-4+. The zero-order valence-electron chi connectivity index (χ0n) is 7.40. The molecule has 0 radical (unpaired) electrons. The smallest absolute Gasteiger partial charge is 0.329 e. The Morgan fingerprint density at radius 3 is 3.00 bits per heavy atom. The lowest BCUT2D eigenvalue weighted by molar-refractivity contribution is -0.131. The third-order valence-corrected chi connectivity index (χ3v) is 1.77. The van der Waals surface area contributed by atoms with Gasteiger partial charge in [0.15, 0.2) is 0 Å². The molecule has 74 valence electrons. The van der Waals surface area contributed by atoms with E-state index in [2.05, 4.69) is 5.32 Å². The summed E-state index contributed by atoms with van der Waals surface area (Å²) in [5.74, 6) is -0.969. The number of aliphatic carboxylic acids is 1. The van der Waals surface area contributed by atoms with E-state index in [0.717, 1.165) is 11.6 Å². The quantitative estimate of drug-likeness (QED) is 0.750. The Kier molecular flexibility index (Phi) is 4.01. The first kappa shape index (κ1) is 10.6. The van der Waals surface area contributed by atoms with E-state index in [0.29, 0.717) is 11.6 Å². The zero-order valence-corrected chi connectivity index (χ0v) is 8.16. The Morgan fingerprint density at radius 2 is 2.36 bits per heavy atom. The van der Waals surface area contributed by atoms with Crippen LogP contribution in [0.2, 0.25) is 5.02 Å². The van der Waals surface area contributed by atoms with Gasteiger partial charge in [0.2, 0.25) is 0 Å². The summed E-state index contributed by atoms with van der Waals surface area (Å²) in [5, 5.41) is 11.8. The minimum absolute atomic E-state index is 0.560. The molecule has 0 saturated carbocycles. The van der Waals surface area contributed by atoms with E-state index in [1.165, 1.54) is 6.20 Å². The lowest BCUT2D eigenvalue weighted by atomic mass is 10.2. The van der Waals surface area contributed by atoms with Crippen LogP contribution in [0.15, 0.2) is 36.5 Å². The van der Waals surface area contributed by atoms with Crippen LogP contribution in [0.5, 0.6) is 0 Å². The second-order valence-corrected chi connectivity index (χ2v) is 3.12. The second-order valence-electron chi connectivity index (χ2n) is 2.68. The first-order valence-corrected chi connectivity index (χ1v) is 4.43. The summed E-state index contributed by atoms with van der Waals surface area (Å²) in [7, 11) is 0. The van der Waals surface area contributed by atoms with Crippen LogP contribution in [0.25, 0.3) is 0 Å². The van der Waals surface area contributed by atoms with Crippen molar-refractivity contribution in [3.8, 4) is 0 Å². The molecule has 1 rings (SSSR count). The van der Waals surface area contributed by atoms with E-state index < -0.39 is 5.97 Å². The van der Waals surface area contributed by atoms with Crippen LogP contribution in [-0.2, 0) is 11.3 Å². The van der Waals surface area contributed by atoms with Crippen molar-refractivity contribution in [2.75, 3.05) is 0 Å². The normalized spacial score (nSPS) is 10.4. The van der Waals surface area contributed by atoms with E-state index in [-0.39, 0.29) is 0 Å². The van der Waals surface area contributed by atoms with Gasteiger partial charge in [0.05, 0.1) is 0 Å². The van der Waals surface area contributed by atoms with Gasteiger partial charge in [0, 0.05) is 23.8 Å². The SMILES string of the molecule is O=C(O)/C=C/NCc1cccc(Cl)c1. The topological polar surface area (TPSA) is 49.3 Å². The predicted molar refractivity (Wildman–Crippen MR) is 55.1 cm³/mol. The molecule has 0 aliphatic carbocycles. The Labute approximate surface area is 87.0 Å². The van der Waals surface area contributed by atoms with Crippen molar-refractivity contribution in [2.45, 2.75) is 6.54 Å². The van der Waals surface area contributed by atoms with Crippen molar-refractivity contribution in [1.29, 1.82) is 0 Å². The molecule has 0 atom stereocenters. The molecule has 0 saturated heterocycles. The van der Waals surface area contributed by atoms with E-state index in [1.807, 2.05) is 18.2 Å². The summed E-state index contributed by atoms with van der Waals surface area (Å²) in [4.78, 5) is 10.1. The van der Waals surface area contributed by atoms with Gasteiger partial charge in [-0.05, 0) is 17.7 Å². The van der Waals surface area contributed by atoms with Gasteiger partial charge in [-0.3, -0.25) is 0 Å². The predicted octanol–water partition coefficient (Wildman–Crippen LogP) is 2.03. The van der Waals surface area contributed by atoms with Crippen molar-refractivity contribution in [3.63, 3.8) is 0 Å². The molecule has 1 aromatic rings. The molecule has 4 heteroatoms. The summed E-state index contributed by atoms with van der Waals surface area (Å²) in [5.41, 5.74) is 1.01. The van der Waals surface area contributed by atoms with Gasteiger partial charge in [-0.25, -0.2) is 4.79 Å². The zero-order chi connectivity index (χ0) is 10.4. The summed E-state index contributed by atoms with van der Waals surface area (Å²) in [6, 6.07) is 7.37. The number of hydrogen-bond acceptors (Lipinski definition) is 2. The first-order chi connectivity index (χ1) is 6.68. The maximum Gasteiger partial charge on any atom is 0.329 e. The minimum Gasteiger partial charge on any atom is -0.478 e. The van der Waals surface area contributed by atoms with E-state index >= 15 is 0 Å². The highest BCUT2D eigenvalue weighted by Crippen LogP contribution is 2.09. The van der Waals surface area contributed by atoms with Crippen LogP contribution in [-0.4, -0.2) is 11.1 Å². The van der Waals surface area contributed by atoms with Crippen molar-refractivity contribution in [1.82, 2.24) is 5.32 Å². The fourth-order valence-electron chi connectivity index (χ4n) is 0.954. The Bertz CT molecular complexity index is 350. The maximum absolute atomic E-state index is 10.1. The molecule has 14 heavy (non-hydrogen) atoms. The Balaban J connectivity index is 2.42. The molecule has 0 bridgehead atoms. The third-order valence-electron chi connectivity index (χ3n) is 1.54. The van der Waals surface area contributed by atoms with Gasteiger partial charge < -0.3 is 10.4 Å². The van der Waals surface area contributed by atoms with Gasteiger partial charge in [-0.1, -0.05) is 23.7 Å². The number of carbonyl (C=O) groups is 1. The molecule has 0 heterocycles. The first-order valence-electron chi connectivity index (χ1n) is 4.06. The molecule has 0 spiro atoms. The molecule has 2 N–H and O–H groups in total. The molecule has 0 aromatic heterocycles. The molecule has 0 unspecified atom stereocenters. The highest BCUT2D eigenvalue weighted by atomic mass is 35.5. The second kappa shape index (κ2) is 5.29.